The van der Waals surface area contributed by atoms with Crippen LogP contribution in [0.3, 0.4) is 0 Å². The monoisotopic (exact) mass is 171 g/mol. The van der Waals surface area contributed by atoms with E-state index in [4.69, 9.17) is 11.6 Å². The molecular weight excluding hydrogens is 169 g/mol. The van der Waals surface area contributed by atoms with Gasteiger partial charge in [-0.05, 0) is 0 Å². The van der Waals surface area contributed by atoms with Crippen LogP contribution in [0.1, 0.15) is 0 Å². The highest BCUT2D eigenvalue weighted by atomic mass is 35.5. The molecule has 2 heterocycles. The van der Waals surface area contributed by atoms with Crippen LogP contribution in [0.15, 0.2) is 12.4 Å². The largest absolute Gasteiger partial charge is 0.266 e. The molecule has 0 amide bonds. The summed E-state index contributed by atoms with van der Waals surface area (Å²) in [6.07, 6.45) is 2.55. The van der Waals surface area contributed by atoms with Gasteiger partial charge in [0.1, 0.15) is 10.7 Å². The van der Waals surface area contributed by atoms with Gasteiger partial charge in [-0.25, -0.2) is 4.39 Å². The van der Waals surface area contributed by atoms with E-state index in [-0.39, 0.29) is 5.15 Å². The highest BCUT2D eigenvalue weighted by molar-refractivity contribution is 6.34. The van der Waals surface area contributed by atoms with E-state index in [9.17, 15) is 4.39 Å². The second-order valence-electron chi connectivity index (χ2n) is 2.05. The molecule has 0 aliphatic rings. The number of fused-ring (bicyclic) bond motifs is 1. The molecule has 0 fully saturated rings. The van der Waals surface area contributed by atoms with Crippen LogP contribution < -0.4 is 0 Å². The SMILES string of the molecule is Fc1cncc2n[nH]c(Cl)c12. The highest BCUT2D eigenvalue weighted by Gasteiger charge is 2.07. The molecule has 56 valence electrons. The minimum Gasteiger partial charge on any atom is -0.266 e. The van der Waals surface area contributed by atoms with Gasteiger partial charge >= 0.3 is 0 Å². The van der Waals surface area contributed by atoms with Crippen LogP contribution >= 0.6 is 11.6 Å². The highest BCUT2D eigenvalue weighted by Crippen LogP contribution is 2.21. The predicted molar refractivity (Wildman–Crippen MR) is 38.9 cm³/mol. The molecule has 0 radical (unpaired) electrons. The lowest BCUT2D eigenvalue weighted by atomic mass is 10.3. The Balaban J connectivity index is 2.96. The summed E-state index contributed by atoms with van der Waals surface area (Å²) in [5, 5.41) is 6.67. The Labute approximate surface area is 66.2 Å². The van der Waals surface area contributed by atoms with Crippen molar-refractivity contribution in [3.63, 3.8) is 0 Å². The Morgan fingerprint density at radius 2 is 2.27 bits per heavy atom. The summed E-state index contributed by atoms with van der Waals surface area (Å²) >= 11 is 5.59. The number of aromatic nitrogens is 3. The first kappa shape index (κ1) is 6.54. The maximum Gasteiger partial charge on any atom is 0.154 e. The molecule has 0 saturated carbocycles. The summed E-state index contributed by atoms with van der Waals surface area (Å²) in [5.41, 5.74) is 0.440. The minimum atomic E-state index is -0.457. The van der Waals surface area contributed by atoms with Crippen molar-refractivity contribution >= 4 is 22.5 Å². The van der Waals surface area contributed by atoms with Crippen LogP contribution in [-0.2, 0) is 0 Å². The van der Waals surface area contributed by atoms with E-state index < -0.39 is 5.82 Å². The molecule has 0 atom stereocenters. The lowest BCUT2D eigenvalue weighted by molar-refractivity contribution is 0.634. The van der Waals surface area contributed by atoms with Gasteiger partial charge in [0.05, 0.1) is 17.8 Å². The molecule has 0 bridgehead atoms. The third kappa shape index (κ3) is 0.867. The molecule has 0 saturated heterocycles. The number of hydrogen-bond acceptors (Lipinski definition) is 2. The Hall–Kier alpha value is -1.16. The molecule has 3 nitrogen and oxygen atoms in total. The number of aromatic amines is 1. The fourth-order valence-electron chi connectivity index (χ4n) is 0.892. The smallest absolute Gasteiger partial charge is 0.154 e. The summed E-state index contributed by atoms with van der Waals surface area (Å²) in [6.45, 7) is 0. The van der Waals surface area contributed by atoms with E-state index in [1.165, 1.54) is 6.20 Å². The van der Waals surface area contributed by atoms with Crippen molar-refractivity contribution < 1.29 is 4.39 Å². The van der Waals surface area contributed by atoms with Crippen molar-refractivity contribution in [2.24, 2.45) is 0 Å². The molecule has 2 rings (SSSR count). The van der Waals surface area contributed by atoms with Crippen LogP contribution in [0.2, 0.25) is 5.15 Å². The minimum absolute atomic E-state index is 0.208. The standard InChI is InChI=1S/C6H3ClFN3/c7-6-5-3(8)1-9-2-4(5)10-11-6/h1-2H,(H,10,11). The third-order valence-corrected chi connectivity index (χ3v) is 1.65. The topological polar surface area (TPSA) is 41.6 Å². The van der Waals surface area contributed by atoms with Crippen LogP contribution in [0, 0.1) is 5.82 Å². The van der Waals surface area contributed by atoms with Gasteiger partial charge in [-0.3, -0.25) is 10.1 Å². The quantitative estimate of drug-likeness (QED) is 0.656. The molecule has 0 aliphatic heterocycles. The van der Waals surface area contributed by atoms with Gasteiger partial charge in [-0.15, -0.1) is 0 Å². The predicted octanol–water partition coefficient (Wildman–Crippen LogP) is 1.75. The van der Waals surface area contributed by atoms with E-state index in [1.54, 1.807) is 0 Å². The van der Waals surface area contributed by atoms with Crippen molar-refractivity contribution in [3.05, 3.63) is 23.4 Å². The van der Waals surface area contributed by atoms with Crippen LogP contribution in [0.25, 0.3) is 10.9 Å². The summed E-state index contributed by atoms with van der Waals surface area (Å²) < 4.78 is 12.9. The lowest BCUT2D eigenvalue weighted by Gasteiger charge is -1.87. The van der Waals surface area contributed by atoms with E-state index in [2.05, 4.69) is 15.2 Å². The Morgan fingerprint density at radius 3 is 3.00 bits per heavy atom. The number of H-pyrrole nitrogens is 1. The molecule has 1 N–H and O–H groups in total. The van der Waals surface area contributed by atoms with Crippen molar-refractivity contribution in [2.45, 2.75) is 0 Å². The second-order valence-corrected chi connectivity index (χ2v) is 2.43. The first-order valence-electron chi connectivity index (χ1n) is 2.92. The van der Waals surface area contributed by atoms with Crippen molar-refractivity contribution in [1.82, 2.24) is 15.2 Å². The maximum absolute atomic E-state index is 12.9. The Bertz CT molecular complexity index is 398. The molecule has 0 spiro atoms. The van der Waals surface area contributed by atoms with E-state index in [0.717, 1.165) is 6.20 Å². The fraction of sp³-hybridized carbons (Fsp3) is 0. The number of hydrogen-bond donors (Lipinski definition) is 1. The average Bonchev–Trinajstić information content (AvgIpc) is 2.34. The molecule has 11 heavy (non-hydrogen) atoms. The number of pyridine rings is 1. The van der Waals surface area contributed by atoms with Crippen LogP contribution in [0.4, 0.5) is 4.39 Å². The van der Waals surface area contributed by atoms with Gasteiger partial charge in [0, 0.05) is 0 Å². The van der Waals surface area contributed by atoms with Crippen LogP contribution in [-0.4, -0.2) is 15.2 Å². The van der Waals surface area contributed by atoms with Gasteiger partial charge in [0.15, 0.2) is 5.82 Å². The fourth-order valence-corrected chi connectivity index (χ4v) is 1.12. The summed E-state index contributed by atoms with van der Waals surface area (Å²) in [7, 11) is 0. The molecule has 0 aliphatic carbocycles. The zero-order valence-corrected chi connectivity index (χ0v) is 6.06. The molecule has 2 aromatic heterocycles. The van der Waals surface area contributed by atoms with Crippen molar-refractivity contribution in [1.29, 1.82) is 0 Å². The summed E-state index contributed by atoms with van der Waals surface area (Å²) in [4.78, 5) is 3.61. The first-order valence-corrected chi connectivity index (χ1v) is 3.30. The van der Waals surface area contributed by atoms with E-state index in [1.807, 2.05) is 0 Å². The molecule has 2 aromatic rings. The Kier molecular flexibility index (Phi) is 1.29. The van der Waals surface area contributed by atoms with Gasteiger partial charge in [-0.2, -0.15) is 5.10 Å². The molecule has 0 aromatic carbocycles. The molecule has 0 unspecified atom stereocenters. The third-order valence-electron chi connectivity index (χ3n) is 1.37. The Morgan fingerprint density at radius 1 is 1.45 bits per heavy atom. The normalized spacial score (nSPS) is 10.7. The zero-order valence-electron chi connectivity index (χ0n) is 5.31. The lowest BCUT2D eigenvalue weighted by Crippen LogP contribution is -1.78. The van der Waals surface area contributed by atoms with Crippen LogP contribution in [0.5, 0.6) is 0 Å². The summed E-state index contributed by atoms with van der Waals surface area (Å²) in [6, 6.07) is 0. The van der Waals surface area contributed by atoms with Gasteiger partial charge in [0.25, 0.3) is 0 Å². The van der Waals surface area contributed by atoms with Crippen molar-refractivity contribution in [2.75, 3.05) is 0 Å². The maximum atomic E-state index is 12.9. The van der Waals surface area contributed by atoms with Gasteiger partial charge in [-0.1, -0.05) is 11.6 Å². The van der Waals surface area contributed by atoms with E-state index in [0.29, 0.717) is 10.9 Å². The van der Waals surface area contributed by atoms with E-state index >= 15 is 0 Å². The summed E-state index contributed by atoms with van der Waals surface area (Å²) in [5.74, 6) is -0.457. The van der Waals surface area contributed by atoms with Gasteiger partial charge < -0.3 is 0 Å². The molecular formula is C6H3ClFN3. The van der Waals surface area contributed by atoms with Gasteiger partial charge in [0.2, 0.25) is 0 Å². The number of nitrogens with one attached hydrogen (secondary N) is 1. The van der Waals surface area contributed by atoms with Crippen molar-refractivity contribution in [3.8, 4) is 0 Å². The number of nitrogens with zero attached hydrogens (tertiary/aromatic N) is 2. The number of rotatable bonds is 0. The number of halogens is 2. The average molecular weight is 172 g/mol. The second kappa shape index (κ2) is 2.17. The zero-order chi connectivity index (χ0) is 7.84. The first-order chi connectivity index (χ1) is 5.29. The molecule has 5 heteroatoms.